The second-order valence-electron chi connectivity index (χ2n) is 5.78. The van der Waals surface area contributed by atoms with Crippen molar-refractivity contribution in [3.05, 3.63) is 58.3 Å². The molecular weight excluding hydrogens is 344 g/mol. The molecule has 0 spiro atoms. The molecule has 0 aliphatic carbocycles. The molecule has 2 rings (SSSR count). The van der Waals surface area contributed by atoms with E-state index in [2.05, 4.69) is 26.2 Å². The predicted molar refractivity (Wildman–Crippen MR) is 90.7 cm³/mol. The highest BCUT2D eigenvalue weighted by molar-refractivity contribution is 9.10. The Morgan fingerprint density at radius 1 is 1.27 bits per heavy atom. The zero-order valence-electron chi connectivity index (χ0n) is 12.8. The van der Waals surface area contributed by atoms with Crippen LogP contribution in [0.15, 0.2) is 47.1 Å². The number of benzene rings is 1. The van der Waals surface area contributed by atoms with Crippen LogP contribution < -0.4 is 10.1 Å². The molecule has 0 aliphatic heterocycles. The number of rotatable bonds is 7. The van der Waals surface area contributed by atoms with Crippen molar-refractivity contribution < 1.29 is 9.84 Å². The van der Waals surface area contributed by atoms with Gasteiger partial charge in [-0.1, -0.05) is 22.0 Å². The van der Waals surface area contributed by atoms with E-state index in [1.165, 1.54) is 0 Å². The van der Waals surface area contributed by atoms with Crippen LogP contribution in [0.5, 0.6) is 5.75 Å². The smallest absolute Gasteiger partial charge is 0.130 e. The summed E-state index contributed by atoms with van der Waals surface area (Å²) in [7, 11) is 0. The van der Waals surface area contributed by atoms with Gasteiger partial charge in [-0.05, 0) is 44.2 Å². The standard InChI is InChI=1S/C17H21BrN2O2/c1-17(2,21)12-19-10-13-9-14(18)6-7-16(13)22-11-15-5-3-4-8-20-15/h3-9,19,21H,10-12H2,1-2H3. The number of aliphatic hydroxyl groups is 1. The summed E-state index contributed by atoms with van der Waals surface area (Å²) in [5, 5.41) is 13.0. The number of aromatic nitrogens is 1. The van der Waals surface area contributed by atoms with Gasteiger partial charge in [0, 0.05) is 29.3 Å². The van der Waals surface area contributed by atoms with Gasteiger partial charge < -0.3 is 15.2 Å². The minimum atomic E-state index is -0.735. The van der Waals surface area contributed by atoms with Crippen LogP contribution in [0.4, 0.5) is 0 Å². The van der Waals surface area contributed by atoms with Crippen molar-refractivity contribution in [1.29, 1.82) is 0 Å². The minimum absolute atomic E-state index is 0.432. The first kappa shape index (κ1) is 16.9. The molecule has 0 radical (unpaired) electrons. The monoisotopic (exact) mass is 364 g/mol. The van der Waals surface area contributed by atoms with E-state index in [9.17, 15) is 5.11 Å². The van der Waals surface area contributed by atoms with Crippen LogP contribution in [0.3, 0.4) is 0 Å². The Morgan fingerprint density at radius 3 is 2.77 bits per heavy atom. The molecule has 2 N–H and O–H groups in total. The van der Waals surface area contributed by atoms with Crippen molar-refractivity contribution in [2.75, 3.05) is 6.54 Å². The summed E-state index contributed by atoms with van der Waals surface area (Å²) < 4.78 is 6.87. The fraction of sp³-hybridized carbons (Fsp3) is 0.353. The molecule has 1 aromatic heterocycles. The maximum atomic E-state index is 9.76. The molecule has 118 valence electrons. The van der Waals surface area contributed by atoms with E-state index in [1.807, 2.05) is 36.4 Å². The molecule has 0 unspecified atom stereocenters. The van der Waals surface area contributed by atoms with Crippen LogP contribution in [0.1, 0.15) is 25.1 Å². The van der Waals surface area contributed by atoms with Gasteiger partial charge in [0.15, 0.2) is 0 Å². The van der Waals surface area contributed by atoms with E-state index in [4.69, 9.17) is 4.74 Å². The molecule has 2 aromatic rings. The van der Waals surface area contributed by atoms with E-state index in [-0.39, 0.29) is 0 Å². The van der Waals surface area contributed by atoms with Gasteiger partial charge in [0.25, 0.3) is 0 Å². The Morgan fingerprint density at radius 2 is 2.09 bits per heavy atom. The van der Waals surface area contributed by atoms with E-state index in [0.717, 1.165) is 21.5 Å². The maximum absolute atomic E-state index is 9.76. The summed E-state index contributed by atoms with van der Waals surface area (Å²) in [5.41, 5.74) is 1.19. The van der Waals surface area contributed by atoms with Crippen molar-refractivity contribution in [3.63, 3.8) is 0 Å². The molecule has 22 heavy (non-hydrogen) atoms. The topological polar surface area (TPSA) is 54.4 Å². The van der Waals surface area contributed by atoms with Crippen molar-refractivity contribution >= 4 is 15.9 Å². The number of hydrogen-bond donors (Lipinski definition) is 2. The molecule has 4 nitrogen and oxygen atoms in total. The summed E-state index contributed by atoms with van der Waals surface area (Å²) in [5.74, 6) is 0.817. The zero-order valence-corrected chi connectivity index (χ0v) is 14.4. The third-order valence-corrected chi connectivity index (χ3v) is 3.49. The SMILES string of the molecule is CC(C)(O)CNCc1cc(Br)ccc1OCc1ccccn1. The lowest BCUT2D eigenvalue weighted by Crippen LogP contribution is -2.34. The fourth-order valence-corrected chi connectivity index (χ4v) is 2.37. The van der Waals surface area contributed by atoms with Crippen LogP contribution in [-0.4, -0.2) is 22.2 Å². The van der Waals surface area contributed by atoms with E-state index in [1.54, 1.807) is 20.0 Å². The quantitative estimate of drug-likeness (QED) is 0.791. The molecule has 0 saturated carbocycles. The molecule has 0 fully saturated rings. The number of nitrogens with zero attached hydrogens (tertiary/aromatic N) is 1. The van der Waals surface area contributed by atoms with Crippen LogP contribution in [0.25, 0.3) is 0 Å². The van der Waals surface area contributed by atoms with Crippen LogP contribution in [0.2, 0.25) is 0 Å². The Labute approximate surface area is 139 Å². The molecule has 0 saturated heterocycles. The Kier molecular flexibility index (Phi) is 5.94. The highest BCUT2D eigenvalue weighted by Crippen LogP contribution is 2.24. The fourth-order valence-electron chi connectivity index (χ4n) is 1.97. The number of pyridine rings is 1. The molecule has 5 heteroatoms. The van der Waals surface area contributed by atoms with Crippen LogP contribution in [0, 0.1) is 0 Å². The second-order valence-corrected chi connectivity index (χ2v) is 6.69. The van der Waals surface area contributed by atoms with Gasteiger partial charge in [0.05, 0.1) is 11.3 Å². The lowest BCUT2D eigenvalue weighted by atomic mass is 10.1. The molecular formula is C17H21BrN2O2. The molecule has 0 bridgehead atoms. The summed E-state index contributed by atoms with van der Waals surface area (Å²) >= 11 is 3.48. The van der Waals surface area contributed by atoms with Crippen molar-refractivity contribution in [3.8, 4) is 5.75 Å². The van der Waals surface area contributed by atoms with Crippen molar-refractivity contribution in [1.82, 2.24) is 10.3 Å². The number of hydrogen-bond acceptors (Lipinski definition) is 4. The number of ether oxygens (including phenoxy) is 1. The highest BCUT2D eigenvalue weighted by atomic mass is 79.9. The number of nitrogens with one attached hydrogen (secondary N) is 1. The molecule has 1 heterocycles. The van der Waals surface area contributed by atoms with Crippen LogP contribution in [-0.2, 0) is 13.2 Å². The normalized spacial score (nSPS) is 11.5. The summed E-state index contributed by atoms with van der Waals surface area (Å²) in [6.45, 7) is 5.12. The average molecular weight is 365 g/mol. The average Bonchev–Trinajstić information content (AvgIpc) is 2.46. The third-order valence-electron chi connectivity index (χ3n) is 3.00. The largest absolute Gasteiger partial charge is 0.487 e. The third kappa shape index (κ3) is 5.75. The van der Waals surface area contributed by atoms with E-state index < -0.39 is 5.60 Å². The van der Waals surface area contributed by atoms with Gasteiger partial charge in [-0.15, -0.1) is 0 Å². The Balaban J connectivity index is 2.00. The molecule has 0 amide bonds. The summed E-state index contributed by atoms with van der Waals surface area (Å²) in [4.78, 5) is 4.25. The maximum Gasteiger partial charge on any atom is 0.130 e. The van der Waals surface area contributed by atoms with Gasteiger partial charge in [-0.2, -0.15) is 0 Å². The highest BCUT2D eigenvalue weighted by Gasteiger charge is 2.12. The van der Waals surface area contributed by atoms with Crippen molar-refractivity contribution in [2.45, 2.75) is 32.6 Å². The zero-order chi connectivity index (χ0) is 16.0. The first-order valence-corrected chi connectivity index (χ1v) is 7.97. The molecule has 1 aromatic carbocycles. The van der Waals surface area contributed by atoms with Gasteiger partial charge >= 0.3 is 0 Å². The molecule has 0 atom stereocenters. The lowest BCUT2D eigenvalue weighted by Gasteiger charge is -2.19. The predicted octanol–water partition coefficient (Wildman–Crippen LogP) is 3.28. The molecule has 0 aliphatic rings. The van der Waals surface area contributed by atoms with Crippen molar-refractivity contribution in [2.24, 2.45) is 0 Å². The summed E-state index contributed by atoms with van der Waals surface area (Å²) in [6, 6.07) is 11.7. The van der Waals surface area contributed by atoms with Gasteiger partial charge in [0.2, 0.25) is 0 Å². The number of halogens is 1. The Hall–Kier alpha value is -1.43. The van der Waals surface area contributed by atoms with Gasteiger partial charge in [-0.3, -0.25) is 4.98 Å². The van der Waals surface area contributed by atoms with Gasteiger partial charge in [-0.25, -0.2) is 0 Å². The second kappa shape index (κ2) is 7.72. The minimum Gasteiger partial charge on any atom is -0.487 e. The first-order chi connectivity index (χ1) is 10.4. The van der Waals surface area contributed by atoms with Crippen LogP contribution >= 0.6 is 15.9 Å². The first-order valence-electron chi connectivity index (χ1n) is 7.18. The van der Waals surface area contributed by atoms with E-state index in [0.29, 0.717) is 19.7 Å². The van der Waals surface area contributed by atoms with E-state index >= 15 is 0 Å². The Bertz CT molecular complexity index is 597. The van der Waals surface area contributed by atoms with Gasteiger partial charge in [0.1, 0.15) is 12.4 Å². The lowest BCUT2D eigenvalue weighted by molar-refractivity contribution is 0.0794. The summed E-state index contributed by atoms with van der Waals surface area (Å²) in [6.07, 6.45) is 1.76.